The quantitative estimate of drug-likeness (QED) is 0.857. The van der Waals surface area contributed by atoms with Gasteiger partial charge in [0, 0.05) is 29.6 Å². The largest absolute Gasteiger partial charge is 0.454 e. The summed E-state index contributed by atoms with van der Waals surface area (Å²) in [5.74, 6) is 1.83. The molecule has 0 bridgehead atoms. The molecule has 3 rings (SSSR count). The first-order chi connectivity index (χ1) is 8.28. The molecular weight excluding hydrogens is 216 g/mol. The van der Waals surface area contributed by atoms with Crippen molar-refractivity contribution in [2.75, 3.05) is 13.3 Å². The Kier molecular flexibility index (Phi) is 2.37. The molecule has 1 unspecified atom stereocenters. The lowest BCUT2D eigenvalue weighted by molar-refractivity contribution is 0.174. The Morgan fingerprint density at radius 1 is 1.29 bits per heavy atom. The fourth-order valence-electron chi connectivity index (χ4n) is 1.92. The van der Waals surface area contributed by atoms with Gasteiger partial charge in [-0.15, -0.1) is 0 Å². The van der Waals surface area contributed by atoms with Gasteiger partial charge in [-0.1, -0.05) is 13.0 Å². The third-order valence-electron chi connectivity index (χ3n) is 3.06. The molecule has 0 fully saturated rings. The molecule has 2 heterocycles. The van der Waals surface area contributed by atoms with E-state index in [1.807, 2.05) is 24.3 Å². The minimum Gasteiger partial charge on any atom is -0.454 e. The van der Waals surface area contributed by atoms with E-state index >= 15 is 0 Å². The van der Waals surface area contributed by atoms with E-state index in [4.69, 9.17) is 15.2 Å². The van der Waals surface area contributed by atoms with Gasteiger partial charge in [-0.2, -0.15) is 0 Å². The van der Waals surface area contributed by atoms with Crippen LogP contribution in [-0.4, -0.2) is 18.3 Å². The molecule has 1 aromatic carbocycles. The van der Waals surface area contributed by atoms with Gasteiger partial charge in [-0.3, -0.25) is 4.98 Å². The first kappa shape index (κ1) is 10.4. The maximum absolute atomic E-state index is 5.65. The monoisotopic (exact) mass is 230 g/mol. The lowest BCUT2D eigenvalue weighted by Gasteiger charge is -2.09. The second-order valence-corrected chi connectivity index (χ2v) is 4.27. The van der Waals surface area contributed by atoms with Crippen LogP contribution in [0.2, 0.25) is 0 Å². The average Bonchev–Trinajstić information content (AvgIpc) is 2.81. The van der Waals surface area contributed by atoms with Crippen molar-refractivity contribution < 1.29 is 9.47 Å². The Hall–Kier alpha value is -1.81. The Labute approximate surface area is 99.4 Å². The zero-order chi connectivity index (χ0) is 11.8. The van der Waals surface area contributed by atoms with Gasteiger partial charge >= 0.3 is 0 Å². The van der Waals surface area contributed by atoms with Crippen molar-refractivity contribution in [1.29, 1.82) is 0 Å². The number of rotatable bonds is 2. The van der Waals surface area contributed by atoms with Crippen molar-refractivity contribution in [2.45, 2.75) is 12.8 Å². The van der Waals surface area contributed by atoms with E-state index in [0.717, 1.165) is 28.1 Å². The van der Waals surface area contributed by atoms with Crippen LogP contribution in [0, 0.1) is 0 Å². The van der Waals surface area contributed by atoms with Gasteiger partial charge in [-0.05, 0) is 12.1 Å². The number of ether oxygens (including phenoxy) is 2. The number of nitrogens with zero attached hydrogens (tertiary/aromatic N) is 1. The van der Waals surface area contributed by atoms with E-state index in [1.165, 1.54) is 0 Å². The van der Waals surface area contributed by atoms with Crippen molar-refractivity contribution >= 4 is 10.9 Å². The molecule has 1 aromatic heterocycles. The number of hydrogen-bond donors (Lipinski definition) is 1. The molecule has 4 heteroatoms. The van der Waals surface area contributed by atoms with Crippen LogP contribution in [0.5, 0.6) is 11.5 Å². The van der Waals surface area contributed by atoms with Crippen molar-refractivity contribution in [3.63, 3.8) is 0 Å². The highest BCUT2D eigenvalue weighted by molar-refractivity contribution is 5.83. The molecule has 4 nitrogen and oxygen atoms in total. The zero-order valence-electron chi connectivity index (χ0n) is 9.64. The summed E-state index contributed by atoms with van der Waals surface area (Å²) in [4.78, 5) is 4.61. The first-order valence-corrected chi connectivity index (χ1v) is 5.68. The van der Waals surface area contributed by atoms with E-state index in [1.54, 1.807) is 0 Å². The third-order valence-corrected chi connectivity index (χ3v) is 3.06. The molecule has 0 radical (unpaired) electrons. The van der Waals surface area contributed by atoms with Gasteiger partial charge in [0.2, 0.25) is 6.79 Å². The predicted molar refractivity (Wildman–Crippen MR) is 65.3 cm³/mol. The highest BCUT2D eigenvalue weighted by Gasteiger charge is 2.15. The lowest BCUT2D eigenvalue weighted by atomic mass is 10.1. The summed E-state index contributed by atoms with van der Waals surface area (Å²) in [7, 11) is 0. The number of aromatic nitrogens is 1. The lowest BCUT2D eigenvalue weighted by Crippen LogP contribution is -2.10. The van der Waals surface area contributed by atoms with E-state index in [0.29, 0.717) is 6.54 Å². The zero-order valence-corrected chi connectivity index (χ0v) is 9.64. The summed E-state index contributed by atoms with van der Waals surface area (Å²) in [5, 5.41) is 1.06. The second kappa shape index (κ2) is 3.89. The first-order valence-electron chi connectivity index (χ1n) is 5.68. The summed E-state index contributed by atoms with van der Waals surface area (Å²) in [6.07, 6.45) is 0. The molecule has 17 heavy (non-hydrogen) atoms. The molecule has 0 aliphatic carbocycles. The molecule has 0 saturated heterocycles. The van der Waals surface area contributed by atoms with Crippen LogP contribution >= 0.6 is 0 Å². The SMILES string of the molecule is CC(CN)c1ccc2cc3c(cc2n1)OCO3. The molecule has 0 amide bonds. The van der Waals surface area contributed by atoms with Crippen molar-refractivity contribution in [3.05, 3.63) is 30.0 Å². The van der Waals surface area contributed by atoms with Crippen LogP contribution in [-0.2, 0) is 0 Å². The molecule has 1 atom stereocenters. The smallest absolute Gasteiger partial charge is 0.231 e. The van der Waals surface area contributed by atoms with E-state index in [-0.39, 0.29) is 12.7 Å². The molecule has 0 spiro atoms. The van der Waals surface area contributed by atoms with E-state index < -0.39 is 0 Å². The molecular formula is C13H14N2O2. The van der Waals surface area contributed by atoms with E-state index in [9.17, 15) is 0 Å². The predicted octanol–water partition coefficient (Wildman–Crippen LogP) is 2.03. The summed E-state index contributed by atoms with van der Waals surface area (Å²) < 4.78 is 10.7. The Morgan fingerprint density at radius 2 is 2.06 bits per heavy atom. The van der Waals surface area contributed by atoms with Gasteiger partial charge in [0.15, 0.2) is 11.5 Å². The van der Waals surface area contributed by atoms with Gasteiger partial charge < -0.3 is 15.2 Å². The standard InChI is InChI=1S/C13H14N2O2/c1-8(6-14)10-3-2-9-4-12-13(17-7-16-12)5-11(9)15-10/h2-5,8H,6-7,14H2,1H3. The normalized spacial score (nSPS) is 15.2. The molecule has 1 aliphatic rings. The summed E-state index contributed by atoms with van der Waals surface area (Å²) in [6.45, 7) is 2.96. The Balaban J connectivity index is 2.13. The topological polar surface area (TPSA) is 57.4 Å². The fraction of sp³-hybridized carbons (Fsp3) is 0.308. The number of fused-ring (bicyclic) bond motifs is 2. The Bertz CT molecular complexity index is 569. The maximum Gasteiger partial charge on any atom is 0.231 e. The molecule has 1 aliphatic heterocycles. The molecule has 2 aromatic rings. The minimum absolute atomic E-state index is 0.268. The number of nitrogens with two attached hydrogens (primary N) is 1. The van der Waals surface area contributed by atoms with E-state index in [2.05, 4.69) is 11.9 Å². The van der Waals surface area contributed by atoms with Gasteiger partial charge in [0.1, 0.15) is 0 Å². The van der Waals surface area contributed by atoms with Gasteiger partial charge in [0.25, 0.3) is 0 Å². The van der Waals surface area contributed by atoms with Crippen LogP contribution in [0.15, 0.2) is 24.3 Å². The highest BCUT2D eigenvalue weighted by Crippen LogP contribution is 2.35. The van der Waals surface area contributed by atoms with Crippen molar-refractivity contribution in [2.24, 2.45) is 5.73 Å². The second-order valence-electron chi connectivity index (χ2n) is 4.27. The van der Waals surface area contributed by atoms with Crippen LogP contribution in [0.1, 0.15) is 18.5 Å². The van der Waals surface area contributed by atoms with Gasteiger partial charge in [0.05, 0.1) is 5.52 Å². The van der Waals surface area contributed by atoms with Crippen LogP contribution in [0.25, 0.3) is 10.9 Å². The number of pyridine rings is 1. The number of hydrogen-bond acceptors (Lipinski definition) is 4. The van der Waals surface area contributed by atoms with Crippen molar-refractivity contribution in [3.8, 4) is 11.5 Å². The van der Waals surface area contributed by atoms with Crippen LogP contribution < -0.4 is 15.2 Å². The van der Waals surface area contributed by atoms with Crippen LogP contribution in [0.3, 0.4) is 0 Å². The Morgan fingerprint density at radius 3 is 2.82 bits per heavy atom. The number of benzene rings is 1. The van der Waals surface area contributed by atoms with Crippen LogP contribution in [0.4, 0.5) is 0 Å². The summed E-state index contributed by atoms with van der Waals surface area (Å²) in [5.41, 5.74) is 7.59. The fourth-order valence-corrected chi connectivity index (χ4v) is 1.92. The van der Waals surface area contributed by atoms with Gasteiger partial charge in [-0.25, -0.2) is 0 Å². The molecule has 2 N–H and O–H groups in total. The summed E-state index contributed by atoms with van der Waals surface area (Å²) in [6, 6.07) is 7.94. The average molecular weight is 230 g/mol. The third kappa shape index (κ3) is 1.70. The summed E-state index contributed by atoms with van der Waals surface area (Å²) >= 11 is 0. The van der Waals surface area contributed by atoms with Crippen molar-refractivity contribution in [1.82, 2.24) is 4.98 Å². The molecule has 0 saturated carbocycles. The minimum atomic E-state index is 0.268. The molecule has 88 valence electrons. The highest BCUT2D eigenvalue weighted by atomic mass is 16.7. The maximum atomic E-state index is 5.65.